The molecule has 1 aliphatic rings. The van der Waals surface area contributed by atoms with Crippen LogP contribution in [0.2, 0.25) is 0 Å². The van der Waals surface area contributed by atoms with Gasteiger partial charge in [0.1, 0.15) is 18.3 Å². The van der Waals surface area contributed by atoms with Crippen molar-refractivity contribution in [1.29, 1.82) is 0 Å². The number of alkyl halides is 3. The molecule has 4 rings (SSSR count). The van der Waals surface area contributed by atoms with Crippen LogP contribution in [0, 0.1) is 0 Å². The van der Waals surface area contributed by atoms with Crippen LogP contribution in [0.3, 0.4) is 0 Å². The van der Waals surface area contributed by atoms with Gasteiger partial charge in [-0.1, -0.05) is 91.0 Å². The van der Waals surface area contributed by atoms with Gasteiger partial charge in [-0.25, -0.2) is 0 Å². The predicted octanol–water partition coefficient (Wildman–Crippen LogP) is 5.79. The van der Waals surface area contributed by atoms with Crippen molar-refractivity contribution in [2.24, 2.45) is 0 Å². The molecule has 5 nitrogen and oxygen atoms in total. The normalized spacial score (nSPS) is 19.6. The second-order valence-electron chi connectivity index (χ2n) is 8.55. The number of ether oxygens (including phenoxy) is 4. The van der Waals surface area contributed by atoms with E-state index in [9.17, 15) is 18.0 Å². The van der Waals surface area contributed by atoms with Crippen LogP contribution in [-0.2, 0) is 43.6 Å². The van der Waals surface area contributed by atoms with Gasteiger partial charge in [-0.05, 0) is 16.7 Å². The fourth-order valence-corrected chi connectivity index (χ4v) is 3.93. The third-order valence-corrected chi connectivity index (χ3v) is 5.81. The first kappa shape index (κ1) is 26.6. The lowest BCUT2D eigenvalue weighted by Crippen LogP contribution is -2.50. The number of halogens is 3. The highest BCUT2D eigenvalue weighted by molar-refractivity contribution is 6.00. The van der Waals surface area contributed by atoms with Gasteiger partial charge in [0.05, 0.1) is 38.3 Å². The molecule has 1 aliphatic heterocycles. The Balaban J connectivity index is 1.57. The average Bonchev–Trinajstić information content (AvgIpc) is 2.92. The van der Waals surface area contributed by atoms with E-state index in [1.165, 1.54) is 0 Å². The van der Waals surface area contributed by atoms with Crippen molar-refractivity contribution >= 4 is 5.78 Å². The van der Waals surface area contributed by atoms with E-state index in [1.54, 1.807) is 24.3 Å². The first-order valence-electron chi connectivity index (χ1n) is 11.8. The summed E-state index contributed by atoms with van der Waals surface area (Å²) in [6, 6.07) is 27.6. The third-order valence-electron chi connectivity index (χ3n) is 5.81. The van der Waals surface area contributed by atoms with Crippen molar-refractivity contribution in [3.63, 3.8) is 0 Å². The second-order valence-corrected chi connectivity index (χ2v) is 8.55. The number of benzene rings is 3. The van der Waals surface area contributed by atoms with Crippen LogP contribution in [0.25, 0.3) is 0 Å². The van der Waals surface area contributed by atoms with Crippen LogP contribution >= 0.6 is 0 Å². The van der Waals surface area contributed by atoms with Gasteiger partial charge in [-0.2, -0.15) is 13.2 Å². The van der Waals surface area contributed by atoms with E-state index in [-0.39, 0.29) is 26.4 Å². The topological polar surface area (TPSA) is 54.0 Å². The summed E-state index contributed by atoms with van der Waals surface area (Å²) in [5.74, 6) is -2.03. The molecule has 0 radical (unpaired) electrons. The zero-order valence-corrected chi connectivity index (χ0v) is 20.0. The van der Waals surface area contributed by atoms with Crippen LogP contribution in [0.1, 0.15) is 16.7 Å². The quantitative estimate of drug-likeness (QED) is 0.326. The van der Waals surface area contributed by atoms with Crippen molar-refractivity contribution < 1.29 is 36.9 Å². The molecular formula is C29H27F3O5. The van der Waals surface area contributed by atoms with E-state index in [0.29, 0.717) is 0 Å². The summed E-state index contributed by atoms with van der Waals surface area (Å²) >= 11 is 0. The molecular weight excluding hydrogens is 485 g/mol. The molecule has 0 saturated heterocycles. The molecule has 0 saturated carbocycles. The minimum Gasteiger partial charge on any atom is -0.492 e. The van der Waals surface area contributed by atoms with Crippen molar-refractivity contribution in [2.75, 3.05) is 6.61 Å². The molecule has 8 heteroatoms. The SMILES string of the molecule is O=C(C1=CO[C@H](COCc2ccccc2)[C@@H](OCc2ccccc2)[C@@H]1OCc1ccccc1)C(F)(F)F. The Morgan fingerprint density at radius 1 is 0.730 bits per heavy atom. The van der Waals surface area contributed by atoms with Crippen molar-refractivity contribution in [2.45, 2.75) is 44.3 Å². The van der Waals surface area contributed by atoms with E-state index in [1.807, 2.05) is 66.7 Å². The number of rotatable bonds is 11. The fourth-order valence-electron chi connectivity index (χ4n) is 3.93. The summed E-state index contributed by atoms with van der Waals surface area (Å²) in [5.41, 5.74) is 1.85. The smallest absolute Gasteiger partial charge is 0.454 e. The number of Topliss-reactive ketones (excluding diaryl/α,β-unsaturated/α-hetero) is 1. The second kappa shape index (κ2) is 12.7. The first-order chi connectivity index (χ1) is 17.9. The molecule has 0 spiro atoms. The maximum absolute atomic E-state index is 13.5. The van der Waals surface area contributed by atoms with Gasteiger partial charge in [0, 0.05) is 0 Å². The molecule has 3 aromatic carbocycles. The Morgan fingerprint density at radius 3 is 1.73 bits per heavy atom. The highest BCUT2D eigenvalue weighted by Crippen LogP contribution is 2.32. The number of hydrogen-bond acceptors (Lipinski definition) is 5. The van der Waals surface area contributed by atoms with Crippen LogP contribution < -0.4 is 0 Å². The van der Waals surface area contributed by atoms with Crippen LogP contribution in [0.4, 0.5) is 13.2 Å². The molecule has 0 fully saturated rings. The number of carbonyl (C=O) groups is 1. The third kappa shape index (κ3) is 7.52. The van der Waals surface area contributed by atoms with Crippen LogP contribution in [0.15, 0.2) is 103 Å². The molecule has 0 unspecified atom stereocenters. The van der Waals surface area contributed by atoms with Gasteiger partial charge < -0.3 is 18.9 Å². The lowest BCUT2D eigenvalue weighted by Gasteiger charge is -2.37. The van der Waals surface area contributed by atoms with Gasteiger partial charge in [0.15, 0.2) is 0 Å². The minimum absolute atomic E-state index is 0.0171. The van der Waals surface area contributed by atoms with E-state index >= 15 is 0 Å². The Morgan fingerprint density at radius 2 is 1.22 bits per heavy atom. The number of hydrogen-bond donors (Lipinski definition) is 0. The van der Waals surface area contributed by atoms with Gasteiger partial charge in [0.25, 0.3) is 5.78 Å². The zero-order chi connectivity index (χ0) is 26.1. The van der Waals surface area contributed by atoms with Gasteiger partial charge in [-0.15, -0.1) is 0 Å². The predicted molar refractivity (Wildman–Crippen MR) is 130 cm³/mol. The van der Waals surface area contributed by atoms with Crippen LogP contribution in [-0.4, -0.2) is 36.9 Å². The van der Waals surface area contributed by atoms with Crippen molar-refractivity contribution in [3.05, 3.63) is 120 Å². The Labute approximate surface area is 213 Å². The van der Waals surface area contributed by atoms with Gasteiger partial charge in [-0.3, -0.25) is 4.79 Å². The summed E-state index contributed by atoms with van der Waals surface area (Å²) in [6.45, 7) is 0.364. The zero-order valence-electron chi connectivity index (χ0n) is 20.0. The largest absolute Gasteiger partial charge is 0.492 e. The van der Waals surface area contributed by atoms with Crippen molar-refractivity contribution in [3.8, 4) is 0 Å². The molecule has 3 aromatic rings. The molecule has 0 amide bonds. The minimum atomic E-state index is -5.09. The maximum Gasteiger partial charge on any atom is 0.454 e. The van der Waals surface area contributed by atoms with E-state index in [0.717, 1.165) is 23.0 Å². The monoisotopic (exact) mass is 512 g/mol. The summed E-state index contributed by atoms with van der Waals surface area (Å²) < 4.78 is 63.9. The Kier molecular flexibility index (Phi) is 9.11. The maximum atomic E-state index is 13.5. The number of carbonyl (C=O) groups excluding carboxylic acids is 1. The first-order valence-corrected chi connectivity index (χ1v) is 11.8. The molecule has 0 bridgehead atoms. The van der Waals surface area contributed by atoms with E-state index < -0.39 is 35.8 Å². The average molecular weight is 513 g/mol. The summed E-state index contributed by atoms with van der Waals surface area (Å²) in [4.78, 5) is 12.3. The van der Waals surface area contributed by atoms with Crippen molar-refractivity contribution in [1.82, 2.24) is 0 Å². The molecule has 0 N–H and O–H groups in total. The Bertz CT molecular complexity index is 1150. The molecule has 1 heterocycles. The molecule has 0 aliphatic carbocycles. The highest BCUT2D eigenvalue weighted by atomic mass is 19.4. The number of ketones is 1. The molecule has 194 valence electrons. The molecule has 3 atom stereocenters. The highest BCUT2D eigenvalue weighted by Gasteiger charge is 2.49. The summed E-state index contributed by atoms with van der Waals surface area (Å²) in [5, 5.41) is 0. The van der Waals surface area contributed by atoms with E-state index in [4.69, 9.17) is 18.9 Å². The standard InChI is InChI=1S/C29H27F3O5/c30-29(31,32)28(33)24-19-35-25(20-34-16-21-10-4-1-5-11-21)27(37-18-23-14-8-3-9-15-23)26(24)36-17-22-12-6-2-7-13-22/h1-15,19,25-27H,16-18,20H2/t25-,26-,27-/m1/s1. The summed E-state index contributed by atoms with van der Waals surface area (Å²) in [6.07, 6.45) is -7.42. The Hall–Kier alpha value is -3.46. The molecule has 0 aromatic heterocycles. The summed E-state index contributed by atoms with van der Waals surface area (Å²) in [7, 11) is 0. The van der Waals surface area contributed by atoms with Gasteiger partial charge in [0.2, 0.25) is 0 Å². The lowest BCUT2D eigenvalue weighted by molar-refractivity contribution is -0.178. The lowest BCUT2D eigenvalue weighted by atomic mass is 9.95. The van der Waals surface area contributed by atoms with Gasteiger partial charge >= 0.3 is 6.18 Å². The van der Waals surface area contributed by atoms with Crippen LogP contribution in [0.5, 0.6) is 0 Å². The van der Waals surface area contributed by atoms with E-state index in [2.05, 4.69) is 0 Å². The molecule has 37 heavy (non-hydrogen) atoms. The fraction of sp³-hybridized carbons (Fsp3) is 0.276.